The second-order valence-electron chi connectivity index (χ2n) is 7.02. The van der Waals surface area contributed by atoms with Crippen molar-refractivity contribution in [1.82, 2.24) is 4.90 Å². The predicted octanol–water partition coefficient (Wildman–Crippen LogP) is 1.55. The number of anilines is 1. The number of hydrogen-bond donors (Lipinski definition) is 1. The van der Waals surface area contributed by atoms with Gasteiger partial charge in [-0.1, -0.05) is 0 Å². The first-order valence-electron chi connectivity index (χ1n) is 9.80. The lowest BCUT2D eigenvalue weighted by atomic mass is 10.1. The van der Waals surface area contributed by atoms with Crippen LogP contribution in [-0.2, 0) is 14.3 Å². The van der Waals surface area contributed by atoms with Gasteiger partial charge in [-0.3, -0.25) is 9.59 Å². The van der Waals surface area contributed by atoms with Gasteiger partial charge in [0.25, 0.3) is 5.91 Å². The van der Waals surface area contributed by atoms with Crippen LogP contribution in [0.4, 0.5) is 5.69 Å². The van der Waals surface area contributed by atoms with Crippen molar-refractivity contribution >= 4 is 17.5 Å². The number of piperidine rings is 1. The summed E-state index contributed by atoms with van der Waals surface area (Å²) in [7, 11) is 0. The topological polar surface area (TPSA) is 85.1 Å². The molecule has 2 amide bonds. The highest BCUT2D eigenvalue weighted by atomic mass is 16.5. The Labute approximate surface area is 160 Å². The molecule has 2 aliphatic rings. The molecule has 0 aliphatic carbocycles. The van der Waals surface area contributed by atoms with Gasteiger partial charge in [-0.15, -0.1) is 0 Å². The van der Waals surface area contributed by atoms with Gasteiger partial charge in [-0.05, 0) is 56.5 Å². The number of ether oxygens (including phenoxy) is 2. The van der Waals surface area contributed by atoms with E-state index in [2.05, 4.69) is 0 Å². The highest BCUT2D eigenvalue weighted by Crippen LogP contribution is 2.24. The number of nitrogens with zero attached hydrogens (tertiary/aromatic N) is 2. The summed E-state index contributed by atoms with van der Waals surface area (Å²) in [6.45, 7) is 3.53. The summed E-state index contributed by atoms with van der Waals surface area (Å²) in [5.41, 5.74) is 6.35. The summed E-state index contributed by atoms with van der Waals surface area (Å²) < 4.78 is 11.4. The molecule has 2 saturated heterocycles. The third kappa shape index (κ3) is 5.43. The molecule has 0 atom stereocenters. The van der Waals surface area contributed by atoms with Crippen molar-refractivity contribution in [2.24, 2.45) is 5.73 Å². The van der Waals surface area contributed by atoms with Crippen LogP contribution in [0, 0.1) is 0 Å². The summed E-state index contributed by atoms with van der Waals surface area (Å²) in [6.07, 6.45) is 4.32. The summed E-state index contributed by atoms with van der Waals surface area (Å²) in [6, 6.07) is 7.36. The lowest BCUT2D eigenvalue weighted by Gasteiger charge is -2.32. The fourth-order valence-corrected chi connectivity index (χ4v) is 3.49. The fraction of sp³-hybridized carbons (Fsp3) is 0.600. The van der Waals surface area contributed by atoms with E-state index in [1.807, 2.05) is 29.2 Å². The first-order valence-corrected chi connectivity index (χ1v) is 9.80. The minimum atomic E-state index is -0.00537. The minimum Gasteiger partial charge on any atom is -0.484 e. The van der Waals surface area contributed by atoms with E-state index >= 15 is 0 Å². The monoisotopic (exact) mass is 375 g/mol. The Hall–Kier alpha value is -2.12. The molecule has 1 aromatic rings. The summed E-state index contributed by atoms with van der Waals surface area (Å²) in [5.74, 6) is 0.794. The van der Waals surface area contributed by atoms with E-state index in [0.717, 1.165) is 37.9 Å². The quantitative estimate of drug-likeness (QED) is 0.697. The average Bonchev–Trinajstić information content (AvgIpc) is 3.13. The Balaban J connectivity index is 1.40. The zero-order valence-corrected chi connectivity index (χ0v) is 15.8. The molecule has 1 aromatic carbocycles. The van der Waals surface area contributed by atoms with Crippen LogP contribution in [0.3, 0.4) is 0 Å². The van der Waals surface area contributed by atoms with Gasteiger partial charge in [-0.2, -0.15) is 0 Å². The van der Waals surface area contributed by atoms with Crippen LogP contribution in [0.5, 0.6) is 5.75 Å². The molecule has 2 fully saturated rings. The van der Waals surface area contributed by atoms with Crippen LogP contribution in [-0.4, -0.2) is 62.2 Å². The van der Waals surface area contributed by atoms with Crippen molar-refractivity contribution in [2.45, 2.75) is 38.2 Å². The van der Waals surface area contributed by atoms with Crippen LogP contribution in [0.2, 0.25) is 0 Å². The van der Waals surface area contributed by atoms with Crippen LogP contribution >= 0.6 is 0 Å². The third-order valence-electron chi connectivity index (χ3n) is 5.08. The molecule has 0 bridgehead atoms. The number of hydrogen-bond acceptors (Lipinski definition) is 5. The molecule has 7 nitrogen and oxygen atoms in total. The molecule has 3 rings (SSSR count). The molecule has 148 valence electrons. The van der Waals surface area contributed by atoms with Crippen molar-refractivity contribution < 1.29 is 19.1 Å². The molecule has 27 heavy (non-hydrogen) atoms. The number of carbonyl (C=O) groups excluding carboxylic acids is 2. The lowest BCUT2D eigenvalue weighted by Crippen LogP contribution is -2.43. The Morgan fingerprint density at radius 1 is 1.15 bits per heavy atom. The molecule has 7 heteroatoms. The zero-order chi connectivity index (χ0) is 19.1. The molecule has 2 aliphatic heterocycles. The average molecular weight is 375 g/mol. The molecule has 0 radical (unpaired) electrons. The van der Waals surface area contributed by atoms with E-state index in [0.29, 0.717) is 38.4 Å². The van der Waals surface area contributed by atoms with E-state index in [9.17, 15) is 9.59 Å². The van der Waals surface area contributed by atoms with Gasteiger partial charge in [0, 0.05) is 38.3 Å². The van der Waals surface area contributed by atoms with Gasteiger partial charge in [0.15, 0.2) is 6.61 Å². The van der Waals surface area contributed by atoms with Crippen molar-refractivity contribution in [3.8, 4) is 5.75 Å². The highest BCUT2D eigenvalue weighted by molar-refractivity contribution is 5.95. The maximum atomic E-state index is 12.3. The van der Waals surface area contributed by atoms with E-state index < -0.39 is 0 Å². The molecule has 0 unspecified atom stereocenters. The zero-order valence-electron chi connectivity index (χ0n) is 15.8. The largest absolute Gasteiger partial charge is 0.484 e. The van der Waals surface area contributed by atoms with Crippen molar-refractivity contribution in [3.63, 3.8) is 0 Å². The van der Waals surface area contributed by atoms with Crippen molar-refractivity contribution in [3.05, 3.63) is 24.3 Å². The van der Waals surface area contributed by atoms with E-state index in [1.54, 1.807) is 4.90 Å². The van der Waals surface area contributed by atoms with Gasteiger partial charge in [0.05, 0.1) is 6.10 Å². The van der Waals surface area contributed by atoms with Gasteiger partial charge < -0.3 is 25.0 Å². The number of benzene rings is 1. The number of amides is 2. The number of rotatable bonds is 8. The normalized spacial score (nSPS) is 18.2. The molecule has 0 spiro atoms. The minimum absolute atomic E-state index is 0.00537. The third-order valence-corrected chi connectivity index (χ3v) is 5.08. The Morgan fingerprint density at radius 2 is 1.89 bits per heavy atom. The standard InChI is InChI=1S/C20H29N3O4/c21-10-2-14-26-18-8-12-22(13-9-18)20(25)15-27-17-6-4-16(5-7-17)23-11-1-3-19(23)24/h4-7,18H,1-3,8-15,21H2. The maximum Gasteiger partial charge on any atom is 0.260 e. The highest BCUT2D eigenvalue weighted by Gasteiger charge is 2.24. The molecular weight excluding hydrogens is 346 g/mol. The number of likely N-dealkylation sites (tertiary alicyclic amines) is 1. The predicted molar refractivity (Wildman–Crippen MR) is 103 cm³/mol. The number of carbonyl (C=O) groups is 2. The van der Waals surface area contributed by atoms with Crippen LogP contribution in [0.15, 0.2) is 24.3 Å². The van der Waals surface area contributed by atoms with Crippen LogP contribution in [0.1, 0.15) is 32.1 Å². The number of nitrogens with two attached hydrogens (primary N) is 1. The van der Waals surface area contributed by atoms with E-state index in [1.165, 1.54) is 0 Å². The smallest absolute Gasteiger partial charge is 0.260 e. The lowest BCUT2D eigenvalue weighted by molar-refractivity contribution is -0.136. The SMILES string of the molecule is NCCCOC1CCN(C(=O)COc2ccc(N3CCCC3=O)cc2)CC1. The van der Waals surface area contributed by atoms with Gasteiger partial charge in [0.2, 0.25) is 5.91 Å². The van der Waals surface area contributed by atoms with Crippen molar-refractivity contribution in [2.75, 3.05) is 44.3 Å². The summed E-state index contributed by atoms with van der Waals surface area (Å²) in [5, 5.41) is 0. The maximum absolute atomic E-state index is 12.3. The molecular formula is C20H29N3O4. The van der Waals surface area contributed by atoms with Gasteiger partial charge >= 0.3 is 0 Å². The first kappa shape index (κ1) is 19.6. The van der Waals surface area contributed by atoms with E-state index in [4.69, 9.17) is 15.2 Å². The van der Waals surface area contributed by atoms with Crippen LogP contribution < -0.4 is 15.4 Å². The van der Waals surface area contributed by atoms with E-state index in [-0.39, 0.29) is 24.5 Å². The Bertz CT molecular complexity index is 627. The molecule has 0 saturated carbocycles. The van der Waals surface area contributed by atoms with Gasteiger partial charge in [-0.25, -0.2) is 0 Å². The summed E-state index contributed by atoms with van der Waals surface area (Å²) in [4.78, 5) is 27.7. The Morgan fingerprint density at radius 3 is 2.52 bits per heavy atom. The van der Waals surface area contributed by atoms with Gasteiger partial charge in [0.1, 0.15) is 5.75 Å². The Kier molecular flexibility index (Phi) is 7.06. The molecule has 2 N–H and O–H groups in total. The van der Waals surface area contributed by atoms with Crippen molar-refractivity contribution in [1.29, 1.82) is 0 Å². The molecule has 2 heterocycles. The first-order chi connectivity index (χ1) is 13.2. The summed E-state index contributed by atoms with van der Waals surface area (Å²) >= 11 is 0. The second-order valence-corrected chi connectivity index (χ2v) is 7.02. The molecule has 0 aromatic heterocycles. The second kappa shape index (κ2) is 9.71. The van der Waals surface area contributed by atoms with Crippen LogP contribution in [0.25, 0.3) is 0 Å². The fourth-order valence-electron chi connectivity index (χ4n) is 3.49.